The van der Waals surface area contributed by atoms with Gasteiger partial charge in [0.1, 0.15) is 5.75 Å². The number of aryl methyl sites for hydroxylation is 1. The van der Waals surface area contributed by atoms with Gasteiger partial charge in [-0.2, -0.15) is 0 Å². The van der Waals surface area contributed by atoms with Gasteiger partial charge in [0.2, 0.25) is 0 Å². The third kappa shape index (κ3) is 2.87. The Morgan fingerprint density at radius 2 is 2.00 bits per heavy atom. The van der Waals surface area contributed by atoms with Gasteiger partial charge >= 0.3 is 0 Å². The molecule has 3 nitrogen and oxygen atoms in total. The fourth-order valence-corrected chi connectivity index (χ4v) is 3.32. The second-order valence-corrected chi connectivity index (χ2v) is 5.69. The molecule has 0 atom stereocenters. The minimum Gasteiger partial charge on any atom is -0.496 e. The van der Waals surface area contributed by atoms with Gasteiger partial charge in [0.15, 0.2) is 0 Å². The third-order valence-corrected chi connectivity index (χ3v) is 4.29. The van der Waals surface area contributed by atoms with Crippen molar-refractivity contribution in [3.05, 3.63) is 27.2 Å². The first-order valence-electron chi connectivity index (χ1n) is 6.39. The Balaban J connectivity index is 2.26. The molecular weight excluding hydrogens is 292 g/mol. The molecule has 1 aromatic rings. The first-order chi connectivity index (χ1) is 8.63. The Kier molecular flexibility index (Phi) is 4.65. The zero-order valence-electron chi connectivity index (χ0n) is 11.3. The summed E-state index contributed by atoms with van der Waals surface area (Å²) in [6.45, 7) is 9.62. The van der Waals surface area contributed by atoms with Gasteiger partial charge < -0.3 is 10.1 Å². The van der Waals surface area contributed by atoms with Crippen LogP contribution in [0.2, 0.25) is 0 Å². The van der Waals surface area contributed by atoms with Crippen molar-refractivity contribution in [1.29, 1.82) is 0 Å². The smallest absolute Gasteiger partial charge is 0.125 e. The molecule has 1 aliphatic heterocycles. The van der Waals surface area contributed by atoms with E-state index in [4.69, 9.17) is 4.74 Å². The zero-order valence-corrected chi connectivity index (χ0v) is 12.9. The van der Waals surface area contributed by atoms with Crippen LogP contribution in [-0.4, -0.2) is 38.2 Å². The van der Waals surface area contributed by atoms with Crippen molar-refractivity contribution in [3.8, 4) is 5.75 Å². The van der Waals surface area contributed by atoms with E-state index >= 15 is 0 Å². The first kappa shape index (κ1) is 13.8. The highest BCUT2D eigenvalue weighted by Crippen LogP contribution is 2.32. The molecule has 1 heterocycles. The number of rotatable bonds is 3. The summed E-state index contributed by atoms with van der Waals surface area (Å²) in [5, 5.41) is 3.38. The predicted molar refractivity (Wildman–Crippen MR) is 78.3 cm³/mol. The lowest BCUT2D eigenvalue weighted by Crippen LogP contribution is -2.43. The van der Waals surface area contributed by atoms with Crippen LogP contribution >= 0.6 is 15.9 Å². The number of hydrogen-bond acceptors (Lipinski definition) is 3. The summed E-state index contributed by atoms with van der Waals surface area (Å²) in [7, 11) is 1.75. The predicted octanol–water partition coefficient (Wildman–Crippen LogP) is 2.48. The molecule has 0 bridgehead atoms. The maximum atomic E-state index is 5.51. The van der Waals surface area contributed by atoms with E-state index < -0.39 is 0 Å². The van der Waals surface area contributed by atoms with Crippen molar-refractivity contribution in [2.24, 2.45) is 0 Å². The van der Waals surface area contributed by atoms with Gasteiger partial charge in [-0.25, -0.2) is 0 Å². The van der Waals surface area contributed by atoms with Gasteiger partial charge in [-0.3, -0.25) is 4.90 Å². The minimum atomic E-state index is 0.991. The molecule has 0 radical (unpaired) electrons. The van der Waals surface area contributed by atoms with E-state index in [0.29, 0.717) is 0 Å². The van der Waals surface area contributed by atoms with Crippen LogP contribution in [0.4, 0.5) is 0 Å². The van der Waals surface area contributed by atoms with E-state index in [2.05, 4.69) is 46.1 Å². The summed E-state index contributed by atoms with van der Waals surface area (Å²) in [4.78, 5) is 2.48. The summed E-state index contributed by atoms with van der Waals surface area (Å²) in [5.41, 5.74) is 3.79. The highest BCUT2D eigenvalue weighted by molar-refractivity contribution is 9.10. The van der Waals surface area contributed by atoms with Gasteiger partial charge in [-0.15, -0.1) is 0 Å². The fourth-order valence-electron chi connectivity index (χ4n) is 2.56. The van der Waals surface area contributed by atoms with E-state index in [1.807, 2.05) is 0 Å². The normalized spacial score (nSPS) is 16.9. The molecule has 0 spiro atoms. The standard InChI is InChI=1S/C14H21BrN2O/c1-10-8-13(15)12(11(2)14(10)18-3)9-17-6-4-16-5-7-17/h8,16H,4-7,9H2,1-3H3. The largest absolute Gasteiger partial charge is 0.496 e. The minimum absolute atomic E-state index is 0.991. The lowest BCUT2D eigenvalue weighted by atomic mass is 10.0. The number of methoxy groups -OCH3 is 1. The molecule has 1 N–H and O–H groups in total. The van der Waals surface area contributed by atoms with Crippen LogP contribution in [0, 0.1) is 13.8 Å². The Labute approximate surface area is 118 Å². The first-order valence-corrected chi connectivity index (χ1v) is 7.18. The summed E-state index contributed by atoms with van der Waals surface area (Å²) in [6.07, 6.45) is 0. The number of halogens is 1. The summed E-state index contributed by atoms with van der Waals surface area (Å²) in [6, 6.07) is 2.16. The molecule has 0 aromatic heterocycles. The van der Waals surface area contributed by atoms with Crippen molar-refractivity contribution >= 4 is 15.9 Å². The van der Waals surface area contributed by atoms with Crippen LogP contribution in [-0.2, 0) is 6.54 Å². The van der Waals surface area contributed by atoms with Crippen LogP contribution in [0.15, 0.2) is 10.5 Å². The van der Waals surface area contributed by atoms with Gasteiger partial charge in [0, 0.05) is 37.2 Å². The Bertz CT molecular complexity index is 428. The Morgan fingerprint density at radius 3 is 2.61 bits per heavy atom. The number of benzene rings is 1. The molecule has 0 amide bonds. The number of nitrogens with one attached hydrogen (secondary N) is 1. The number of piperazine rings is 1. The fraction of sp³-hybridized carbons (Fsp3) is 0.571. The van der Waals surface area contributed by atoms with Gasteiger partial charge in [-0.1, -0.05) is 15.9 Å². The molecule has 0 unspecified atom stereocenters. The topological polar surface area (TPSA) is 24.5 Å². The lowest BCUT2D eigenvalue weighted by molar-refractivity contribution is 0.232. The van der Waals surface area contributed by atoms with E-state index in [-0.39, 0.29) is 0 Å². The van der Waals surface area contributed by atoms with Crippen LogP contribution in [0.3, 0.4) is 0 Å². The van der Waals surface area contributed by atoms with Crippen molar-refractivity contribution in [2.75, 3.05) is 33.3 Å². The van der Waals surface area contributed by atoms with Gasteiger partial charge in [-0.05, 0) is 36.6 Å². The molecule has 0 aliphatic carbocycles. The highest BCUT2D eigenvalue weighted by atomic mass is 79.9. The summed E-state index contributed by atoms with van der Waals surface area (Å²) in [5.74, 6) is 1.02. The molecule has 4 heteroatoms. The monoisotopic (exact) mass is 312 g/mol. The van der Waals surface area contributed by atoms with Crippen LogP contribution in [0.5, 0.6) is 5.75 Å². The van der Waals surface area contributed by atoms with E-state index in [9.17, 15) is 0 Å². The summed E-state index contributed by atoms with van der Waals surface area (Å²) < 4.78 is 6.70. The second kappa shape index (κ2) is 6.04. The molecule has 100 valence electrons. The maximum absolute atomic E-state index is 5.51. The van der Waals surface area contributed by atoms with Crippen molar-refractivity contribution < 1.29 is 4.74 Å². The Hall–Kier alpha value is -0.580. The third-order valence-electron chi connectivity index (χ3n) is 3.58. The molecule has 2 rings (SSSR count). The van der Waals surface area contributed by atoms with Crippen LogP contribution in [0.1, 0.15) is 16.7 Å². The zero-order chi connectivity index (χ0) is 13.1. The average Bonchev–Trinajstić information content (AvgIpc) is 2.36. The van der Waals surface area contributed by atoms with Crippen molar-refractivity contribution in [2.45, 2.75) is 20.4 Å². The SMILES string of the molecule is COc1c(C)cc(Br)c(CN2CCNCC2)c1C. The van der Waals surface area contributed by atoms with E-state index in [1.54, 1.807) is 7.11 Å². The summed E-state index contributed by atoms with van der Waals surface area (Å²) >= 11 is 3.69. The van der Waals surface area contributed by atoms with Gasteiger partial charge in [0.05, 0.1) is 7.11 Å². The van der Waals surface area contributed by atoms with Crippen molar-refractivity contribution in [3.63, 3.8) is 0 Å². The molecule has 1 saturated heterocycles. The number of nitrogens with zero attached hydrogens (tertiary/aromatic N) is 1. The van der Waals surface area contributed by atoms with Crippen molar-refractivity contribution in [1.82, 2.24) is 10.2 Å². The molecule has 18 heavy (non-hydrogen) atoms. The maximum Gasteiger partial charge on any atom is 0.125 e. The van der Waals surface area contributed by atoms with Gasteiger partial charge in [0.25, 0.3) is 0 Å². The average molecular weight is 313 g/mol. The quantitative estimate of drug-likeness (QED) is 0.928. The Morgan fingerprint density at radius 1 is 1.33 bits per heavy atom. The van der Waals surface area contributed by atoms with E-state index in [1.165, 1.54) is 21.2 Å². The van der Waals surface area contributed by atoms with E-state index in [0.717, 1.165) is 38.5 Å². The highest BCUT2D eigenvalue weighted by Gasteiger charge is 2.16. The molecule has 1 aromatic carbocycles. The van der Waals surface area contributed by atoms with Crippen LogP contribution < -0.4 is 10.1 Å². The molecule has 0 saturated carbocycles. The number of hydrogen-bond donors (Lipinski definition) is 1. The second-order valence-electron chi connectivity index (χ2n) is 4.84. The molecule has 1 fully saturated rings. The molecule has 1 aliphatic rings. The lowest BCUT2D eigenvalue weighted by Gasteiger charge is -2.28. The number of ether oxygens (including phenoxy) is 1. The molecular formula is C14H21BrN2O. The van der Waals surface area contributed by atoms with Crippen LogP contribution in [0.25, 0.3) is 0 Å².